The highest BCUT2D eigenvalue weighted by molar-refractivity contribution is 5.90. The minimum Gasteiger partial charge on any atom is -0.487 e. The third-order valence-corrected chi connectivity index (χ3v) is 7.47. The number of nitrogens with one attached hydrogen (secondary N) is 1. The van der Waals surface area contributed by atoms with E-state index in [0.717, 1.165) is 50.3 Å². The van der Waals surface area contributed by atoms with E-state index in [4.69, 9.17) is 14.2 Å². The molecule has 0 radical (unpaired) electrons. The van der Waals surface area contributed by atoms with Crippen LogP contribution in [0.15, 0.2) is 18.2 Å². The van der Waals surface area contributed by atoms with Crippen molar-refractivity contribution < 1.29 is 19.0 Å². The molecule has 1 spiro atoms. The Hall–Kier alpha value is -1.59. The van der Waals surface area contributed by atoms with Crippen LogP contribution in [-0.4, -0.2) is 38.4 Å². The van der Waals surface area contributed by atoms with Crippen LogP contribution in [0.2, 0.25) is 0 Å². The number of ether oxygens (including phenoxy) is 3. The lowest BCUT2D eigenvalue weighted by molar-refractivity contribution is -0.174. The van der Waals surface area contributed by atoms with Gasteiger partial charge < -0.3 is 19.5 Å². The Morgan fingerprint density at radius 1 is 1.37 bits per heavy atom. The van der Waals surface area contributed by atoms with E-state index in [1.807, 2.05) is 18.2 Å². The molecule has 0 unspecified atom stereocenters. The van der Waals surface area contributed by atoms with Crippen molar-refractivity contribution in [2.24, 2.45) is 17.3 Å². The van der Waals surface area contributed by atoms with Crippen molar-refractivity contribution in [1.82, 2.24) is 5.32 Å². The van der Waals surface area contributed by atoms with Gasteiger partial charge >= 0.3 is 5.97 Å². The van der Waals surface area contributed by atoms with Crippen LogP contribution in [0.5, 0.6) is 5.75 Å². The normalized spacial score (nSPS) is 33.0. The van der Waals surface area contributed by atoms with Crippen molar-refractivity contribution in [2.45, 2.75) is 71.0 Å². The van der Waals surface area contributed by atoms with E-state index in [2.05, 4.69) is 26.1 Å². The zero-order chi connectivity index (χ0) is 21.4. The third-order valence-electron chi connectivity index (χ3n) is 7.47. The summed E-state index contributed by atoms with van der Waals surface area (Å²) >= 11 is 0. The first-order chi connectivity index (χ1) is 14.4. The summed E-state index contributed by atoms with van der Waals surface area (Å²) in [5.41, 5.74) is 1.52. The van der Waals surface area contributed by atoms with Gasteiger partial charge in [0.05, 0.1) is 25.4 Å². The Morgan fingerprint density at radius 2 is 2.20 bits per heavy atom. The molecule has 5 heteroatoms. The average Bonchev–Trinajstić information content (AvgIpc) is 2.73. The predicted octanol–water partition coefficient (Wildman–Crippen LogP) is 4.90. The highest BCUT2D eigenvalue weighted by Gasteiger charge is 2.53. The van der Waals surface area contributed by atoms with E-state index in [1.165, 1.54) is 26.4 Å². The van der Waals surface area contributed by atoms with Gasteiger partial charge in [0.1, 0.15) is 11.4 Å². The number of benzene rings is 1. The number of hydrogen-bond acceptors (Lipinski definition) is 5. The van der Waals surface area contributed by atoms with Crippen LogP contribution >= 0.6 is 0 Å². The summed E-state index contributed by atoms with van der Waals surface area (Å²) in [6.45, 7) is 9.75. The van der Waals surface area contributed by atoms with Crippen molar-refractivity contribution in [2.75, 3.05) is 26.8 Å². The molecule has 1 N–H and O–H groups in total. The second kappa shape index (κ2) is 8.51. The number of methoxy groups -OCH3 is 1. The number of carbonyl (C=O) groups excluding carboxylic acids is 1. The van der Waals surface area contributed by atoms with Crippen LogP contribution in [0.4, 0.5) is 0 Å². The first-order valence-electron chi connectivity index (χ1n) is 11.6. The van der Waals surface area contributed by atoms with E-state index < -0.39 is 0 Å². The third kappa shape index (κ3) is 4.11. The fourth-order valence-electron chi connectivity index (χ4n) is 5.71. The van der Waals surface area contributed by atoms with Gasteiger partial charge in [0.15, 0.2) is 0 Å². The minimum absolute atomic E-state index is 0.0250. The van der Waals surface area contributed by atoms with Gasteiger partial charge in [0, 0.05) is 23.4 Å². The quantitative estimate of drug-likeness (QED) is 0.694. The lowest BCUT2D eigenvalue weighted by atomic mass is 9.64. The molecule has 5 nitrogen and oxygen atoms in total. The maximum atomic E-state index is 12.1. The summed E-state index contributed by atoms with van der Waals surface area (Å²) in [6, 6.07) is 5.68. The topological polar surface area (TPSA) is 56.8 Å². The van der Waals surface area contributed by atoms with Gasteiger partial charge in [0.25, 0.3) is 0 Å². The highest BCUT2D eigenvalue weighted by atomic mass is 16.5. The zero-order valence-electron chi connectivity index (χ0n) is 19.0. The molecule has 2 fully saturated rings. The van der Waals surface area contributed by atoms with Crippen molar-refractivity contribution >= 4 is 5.97 Å². The predicted molar refractivity (Wildman–Crippen MR) is 117 cm³/mol. The number of hydrogen-bond donors (Lipinski definition) is 1. The monoisotopic (exact) mass is 415 g/mol. The van der Waals surface area contributed by atoms with Crippen LogP contribution in [0.25, 0.3) is 0 Å². The second-order valence-corrected chi connectivity index (χ2v) is 10.3. The van der Waals surface area contributed by atoms with Crippen LogP contribution < -0.4 is 10.1 Å². The Labute approximate surface area is 180 Å². The van der Waals surface area contributed by atoms with Gasteiger partial charge in [-0.3, -0.25) is 0 Å². The molecule has 3 heterocycles. The molecule has 1 aromatic carbocycles. The Kier molecular flexibility index (Phi) is 6.13. The fraction of sp³-hybridized carbons (Fsp3) is 0.720. The summed E-state index contributed by atoms with van der Waals surface area (Å²) < 4.78 is 18.3. The first kappa shape index (κ1) is 21.6. The van der Waals surface area contributed by atoms with Gasteiger partial charge in [-0.1, -0.05) is 26.3 Å². The molecular formula is C25H37NO4. The van der Waals surface area contributed by atoms with E-state index >= 15 is 0 Å². The molecule has 0 aliphatic carbocycles. The number of rotatable bonds is 5. The van der Waals surface area contributed by atoms with Crippen LogP contribution in [-0.2, 0) is 9.47 Å². The Balaban J connectivity index is 1.66. The molecule has 3 aliphatic heterocycles. The summed E-state index contributed by atoms with van der Waals surface area (Å²) in [7, 11) is 1.41. The van der Waals surface area contributed by atoms with E-state index in [9.17, 15) is 4.79 Å². The van der Waals surface area contributed by atoms with Gasteiger partial charge in [-0.25, -0.2) is 4.79 Å². The molecule has 0 aromatic heterocycles. The molecule has 4 atom stereocenters. The van der Waals surface area contributed by atoms with Gasteiger partial charge in [-0.05, 0) is 63.6 Å². The molecule has 2 saturated heterocycles. The summed E-state index contributed by atoms with van der Waals surface area (Å²) in [4.78, 5) is 12.1. The van der Waals surface area contributed by atoms with E-state index in [0.29, 0.717) is 17.4 Å². The smallest absolute Gasteiger partial charge is 0.337 e. The largest absolute Gasteiger partial charge is 0.487 e. The molecule has 1 aromatic rings. The van der Waals surface area contributed by atoms with Crippen molar-refractivity contribution in [3.63, 3.8) is 0 Å². The number of carbonyl (C=O) groups is 1. The lowest BCUT2D eigenvalue weighted by Gasteiger charge is -2.54. The van der Waals surface area contributed by atoms with Crippen molar-refractivity contribution in [3.05, 3.63) is 29.3 Å². The average molecular weight is 416 g/mol. The lowest BCUT2D eigenvalue weighted by Crippen LogP contribution is -2.56. The molecular weight excluding hydrogens is 378 g/mol. The number of fused-ring (bicyclic) bond motifs is 3. The van der Waals surface area contributed by atoms with E-state index in [1.54, 1.807) is 0 Å². The maximum absolute atomic E-state index is 12.1. The zero-order valence-corrected chi connectivity index (χ0v) is 19.0. The van der Waals surface area contributed by atoms with Gasteiger partial charge in [-0.15, -0.1) is 0 Å². The summed E-state index contributed by atoms with van der Waals surface area (Å²) in [5.74, 6) is 1.45. The summed E-state index contributed by atoms with van der Waals surface area (Å²) in [5, 5.41) is 3.60. The van der Waals surface area contributed by atoms with Gasteiger partial charge in [0.2, 0.25) is 0 Å². The van der Waals surface area contributed by atoms with Gasteiger partial charge in [-0.2, -0.15) is 0 Å². The Morgan fingerprint density at radius 3 is 2.90 bits per heavy atom. The highest BCUT2D eigenvalue weighted by Crippen LogP contribution is 2.55. The molecule has 0 amide bonds. The van der Waals surface area contributed by atoms with Crippen LogP contribution in [0.3, 0.4) is 0 Å². The second-order valence-electron chi connectivity index (χ2n) is 10.3. The van der Waals surface area contributed by atoms with Crippen LogP contribution in [0.1, 0.15) is 81.3 Å². The molecule has 0 saturated carbocycles. The molecule has 3 aliphatic rings. The first-order valence-corrected chi connectivity index (χ1v) is 11.6. The fourth-order valence-corrected chi connectivity index (χ4v) is 5.71. The molecule has 166 valence electrons. The molecule has 30 heavy (non-hydrogen) atoms. The standard InChI is InChI=1S/C25H37NO4/c1-17(2)7-5-10-24(3)20-14-25(11-6-12-26-15-25)16-29-22(20)19-9-8-18(23(27)28-4)13-21(19)30-24/h8-9,13,17,20,22,26H,5-7,10-12,14-16H2,1-4H3/t20-,22+,24-,25-/m1/s1. The van der Waals surface area contributed by atoms with Crippen molar-refractivity contribution in [3.8, 4) is 5.75 Å². The summed E-state index contributed by atoms with van der Waals surface area (Å²) in [6.07, 6.45) is 6.91. The molecule has 4 rings (SSSR count). The Bertz CT molecular complexity index is 770. The van der Waals surface area contributed by atoms with Crippen LogP contribution in [0, 0.1) is 17.3 Å². The number of piperidine rings is 1. The SMILES string of the molecule is COC(=O)c1ccc2c(c1)O[C@](C)(CCCC(C)C)[C@@H]1C[C@@]3(CCCNC3)CO[C@@H]21. The van der Waals surface area contributed by atoms with E-state index in [-0.39, 0.29) is 23.1 Å². The minimum atomic E-state index is -0.332. The molecule has 0 bridgehead atoms. The maximum Gasteiger partial charge on any atom is 0.337 e. The number of esters is 1. The van der Waals surface area contributed by atoms with Crippen molar-refractivity contribution in [1.29, 1.82) is 0 Å².